The fourth-order valence-electron chi connectivity index (χ4n) is 3.84. The van der Waals surface area contributed by atoms with E-state index in [4.69, 9.17) is 16.3 Å². The molecule has 1 amide bonds. The number of amides is 1. The summed E-state index contributed by atoms with van der Waals surface area (Å²) in [6.07, 6.45) is 0.585. The maximum absolute atomic E-state index is 12.9. The Bertz CT molecular complexity index is 989. The normalized spacial score (nSPS) is 20.0. The number of carbonyl (C=O) groups excluding carboxylic acids is 1. The molecule has 29 heavy (non-hydrogen) atoms. The minimum Gasteiger partial charge on any atom is -0.492 e. The van der Waals surface area contributed by atoms with E-state index in [9.17, 15) is 13.2 Å². The number of carbonyl (C=O) groups is 1. The van der Waals surface area contributed by atoms with E-state index in [0.717, 1.165) is 16.9 Å². The molecule has 0 N–H and O–H groups in total. The molecule has 0 radical (unpaired) electrons. The summed E-state index contributed by atoms with van der Waals surface area (Å²) in [6.45, 7) is 1.76. The SMILES string of the molecule is O=C(C1COc2ccc(Cl)cc2C1)N1CCN(S(=O)(=O)Cc2ccccc2)CC1. The third-order valence-corrected chi connectivity index (χ3v) is 7.50. The molecule has 2 aromatic rings. The molecule has 0 aromatic heterocycles. The van der Waals surface area contributed by atoms with Gasteiger partial charge in [-0.25, -0.2) is 8.42 Å². The standard InChI is InChI=1S/C21H23ClN2O4S/c22-19-6-7-20-17(13-19)12-18(14-28-20)21(25)23-8-10-24(11-9-23)29(26,27)15-16-4-2-1-3-5-16/h1-7,13,18H,8-12,14-15H2. The Hall–Kier alpha value is -2.09. The number of nitrogens with zero attached hydrogens (tertiary/aromatic N) is 2. The van der Waals surface area contributed by atoms with Crippen LogP contribution < -0.4 is 4.74 Å². The van der Waals surface area contributed by atoms with Gasteiger partial charge in [-0.1, -0.05) is 41.9 Å². The van der Waals surface area contributed by atoms with Crippen molar-refractivity contribution in [3.8, 4) is 5.75 Å². The number of piperazine rings is 1. The molecule has 1 saturated heterocycles. The minimum absolute atomic E-state index is 0.00994. The molecular formula is C21H23ClN2O4S. The van der Waals surface area contributed by atoms with Crippen LogP contribution in [-0.2, 0) is 27.0 Å². The number of rotatable bonds is 4. The maximum Gasteiger partial charge on any atom is 0.229 e. The third kappa shape index (κ3) is 4.57. The van der Waals surface area contributed by atoms with E-state index in [1.54, 1.807) is 11.0 Å². The summed E-state index contributed by atoms with van der Waals surface area (Å²) in [5, 5.41) is 0.623. The zero-order valence-electron chi connectivity index (χ0n) is 16.0. The van der Waals surface area contributed by atoms with Crippen molar-refractivity contribution in [1.29, 1.82) is 0 Å². The highest BCUT2D eigenvalue weighted by atomic mass is 35.5. The third-order valence-electron chi connectivity index (χ3n) is 5.41. The first-order valence-electron chi connectivity index (χ1n) is 9.64. The Kier molecular flexibility index (Phi) is 5.81. The lowest BCUT2D eigenvalue weighted by Gasteiger charge is -2.36. The molecule has 0 bridgehead atoms. The Morgan fingerprint density at radius 2 is 1.79 bits per heavy atom. The first-order valence-corrected chi connectivity index (χ1v) is 11.6. The molecule has 0 aliphatic carbocycles. The number of hydrogen-bond donors (Lipinski definition) is 0. The van der Waals surface area contributed by atoms with Crippen LogP contribution in [0.4, 0.5) is 0 Å². The average Bonchev–Trinajstić information content (AvgIpc) is 2.73. The number of halogens is 1. The van der Waals surface area contributed by atoms with Gasteiger partial charge >= 0.3 is 0 Å². The van der Waals surface area contributed by atoms with Crippen molar-refractivity contribution in [3.63, 3.8) is 0 Å². The number of benzene rings is 2. The lowest BCUT2D eigenvalue weighted by molar-refractivity contribution is -0.138. The molecule has 2 aliphatic heterocycles. The van der Waals surface area contributed by atoms with Crippen LogP contribution in [0.3, 0.4) is 0 Å². The Balaban J connectivity index is 1.35. The largest absolute Gasteiger partial charge is 0.492 e. The average molecular weight is 435 g/mol. The highest BCUT2D eigenvalue weighted by Gasteiger charge is 2.34. The van der Waals surface area contributed by atoms with E-state index in [0.29, 0.717) is 44.2 Å². The van der Waals surface area contributed by atoms with E-state index >= 15 is 0 Å². The second-order valence-electron chi connectivity index (χ2n) is 7.43. The van der Waals surface area contributed by atoms with Crippen molar-refractivity contribution in [2.75, 3.05) is 32.8 Å². The summed E-state index contributed by atoms with van der Waals surface area (Å²) in [6, 6.07) is 14.6. The summed E-state index contributed by atoms with van der Waals surface area (Å²) < 4.78 is 32.6. The molecule has 6 nitrogen and oxygen atoms in total. The van der Waals surface area contributed by atoms with Gasteiger partial charge in [-0.3, -0.25) is 4.79 Å². The fourth-order valence-corrected chi connectivity index (χ4v) is 5.55. The van der Waals surface area contributed by atoms with E-state index in [1.165, 1.54) is 4.31 Å². The first kappa shape index (κ1) is 20.2. The zero-order valence-corrected chi connectivity index (χ0v) is 17.5. The number of fused-ring (bicyclic) bond motifs is 1. The zero-order chi connectivity index (χ0) is 20.4. The van der Waals surface area contributed by atoms with Crippen LogP contribution in [0.2, 0.25) is 5.02 Å². The van der Waals surface area contributed by atoms with Crippen molar-refractivity contribution in [2.45, 2.75) is 12.2 Å². The Morgan fingerprint density at radius 1 is 1.07 bits per heavy atom. The quantitative estimate of drug-likeness (QED) is 0.741. The summed E-state index contributed by atoms with van der Waals surface area (Å²) in [4.78, 5) is 14.7. The molecular weight excluding hydrogens is 412 g/mol. The van der Waals surface area contributed by atoms with Gasteiger partial charge in [0.2, 0.25) is 15.9 Å². The minimum atomic E-state index is -3.40. The van der Waals surface area contributed by atoms with E-state index in [2.05, 4.69) is 0 Å². The number of hydrogen-bond acceptors (Lipinski definition) is 4. The van der Waals surface area contributed by atoms with Gasteiger partial charge in [0.05, 0.1) is 11.7 Å². The van der Waals surface area contributed by atoms with Gasteiger partial charge in [-0.15, -0.1) is 0 Å². The first-order chi connectivity index (χ1) is 13.9. The van der Waals surface area contributed by atoms with Crippen molar-refractivity contribution in [3.05, 3.63) is 64.7 Å². The van der Waals surface area contributed by atoms with Gasteiger partial charge in [0.25, 0.3) is 0 Å². The smallest absolute Gasteiger partial charge is 0.229 e. The second kappa shape index (κ2) is 8.34. The van der Waals surface area contributed by atoms with Gasteiger partial charge in [-0.05, 0) is 35.7 Å². The van der Waals surface area contributed by atoms with Crippen LogP contribution in [-0.4, -0.2) is 56.3 Å². The molecule has 4 rings (SSSR count). The molecule has 1 atom stereocenters. The molecule has 1 fully saturated rings. The van der Waals surface area contributed by atoms with Crippen molar-refractivity contribution >= 4 is 27.5 Å². The Labute approximate surface area is 176 Å². The van der Waals surface area contributed by atoms with Gasteiger partial charge in [0.15, 0.2) is 0 Å². The topological polar surface area (TPSA) is 66.9 Å². The molecule has 2 aromatic carbocycles. The van der Waals surface area contributed by atoms with Crippen LogP contribution in [0.1, 0.15) is 11.1 Å². The molecule has 2 heterocycles. The number of ether oxygens (including phenoxy) is 1. The number of sulfonamides is 1. The van der Waals surface area contributed by atoms with Crippen LogP contribution in [0, 0.1) is 5.92 Å². The highest BCUT2D eigenvalue weighted by Crippen LogP contribution is 2.30. The summed E-state index contributed by atoms with van der Waals surface area (Å²) in [7, 11) is -3.40. The van der Waals surface area contributed by atoms with Crippen LogP contribution in [0.15, 0.2) is 48.5 Å². The van der Waals surface area contributed by atoms with Crippen LogP contribution in [0.5, 0.6) is 5.75 Å². The summed E-state index contributed by atoms with van der Waals surface area (Å²) in [5.74, 6) is 0.495. The van der Waals surface area contributed by atoms with E-state index in [1.807, 2.05) is 42.5 Å². The maximum atomic E-state index is 12.9. The molecule has 2 aliphatic rings. The molecule has 154 valence electrons. The van der Waals surface area contributed by atoms with Gasteiger partial charge in [0, 0.05) is 31.2 Å². The van der Waals surface area contributed by atoms with Gasteiger partial charge in [-0.2, -0.15) is 4.31 Å². The van der Waals surface area contributed by atoms with Gasteiger partial charge < -0.3 is 9.64 Å². The summed E-state index contributed by atoms with van der Waals surface area (Å²) >= 11 is 6.06. The lowest BCUT2D eigenvalue weighted by Crippen LogP contribution is -2.53. The monoisotopic (exact) mass is 434 g/mol. The second-order valence-corrected chi connectivity index (χ2v) is 9.84. The molecule has 8 heteroatoms. The molecule has 1 unspecified atom stereocenters. The van der Waals surface area contributed by atoms with Crippen LogP contribution >= 0.6 is 11.6 Å². The van der Waals surface area contributed by atoms with Crippen LogP contribution in [0.25, 0.3) is 0 Å². The Morgan fingerprint density at radius 3 is 2.52 bits per heavy atom. The highest BCUT2D eigenvalue weighted by molar-refractivity contribution is 7.88. The molecule has 0 saturated carbocycles. The predicted octanol–water partition coefficient (Wildman–Crippen LogP) is 2.57. The van der Waals surface area contributed by atoms with E-state index in [-0.39, 0.29) is 17.6 Å². The van der Waals surface area contributed by atoms with Crippen molar-refractivity contribution in [1.82, 2.24) is 9.21 Å². The predicted molar refractivity (Wildman–Crippen MR) is 111 cm³/mol. The van der Waals surface area contributed by atoms with Crippen molar-refractivity contribution in [2.24, 2.45) is 5.92 Å². The molecule has 0 spiro atoms. The van der Waals surface area contributed by atoms with Gasteiger partial charge in [0.1, 0.15) is 12.4 Å². The van der Waals surface area contributed by atoms with E-state index < -0.39 is 10.0 Å². The van der Waals surface area contributed by atoms with Crippen molar-refractivity contribution < 1.29 is 17.9 Å². The fraction of sp³-hybridized carbons (Fsp3) is 0.381. The lowest BCUT2D eigenvalue weighted by atomic mass is 9.95. The summed E-state index contributed by atoms with van der Waals surface area (Å²) in [5.41, 5.74) is 1.70.